The molecule has 1 saturated heterocycles. The zero-order chi connectivity index (χ0) is 21.1. The maximum Gasteiger partial charge on any atom is 0.427 e. The molecule has 1 atom stereocenters. The average molecular weight is 417 g/mol. The Morgan fingerprint density at radius 2 is 1.86 bits per heavy atom. The summed E-state index contributed by atoms with van der Waals surface area (Å²) in [4.78, 5) is 13.5. The average Bonchev–Trinajstić information content (AvgIpc) is 2.66. The minimum atomic E-state index is -4.72. The molecule has 1 amide bonds. The van der Waals surface area contributed by atoms with Crippen molar-refractivity contribution in [2.45, 2.75) is 50.7 Å². The van der Waals surface area contributed by atoms with Crippen molar-refractivity contribution >= 4 is 6.09 Å². The minimum Gasteiger partial charge on any atom is -0.497 e. The minimum absolute atomic E-state index is 0.0289. The first-order chi connectivity index (χ1) is 13.7. The number of aliphatic hydroxyl groups is 1. The number of benzene rings is 1. The van der Waals surface area contributed by atoms with Gasteiger partial charge in [-0.1, -0.05) is 12.1 Å². The largest absolute Gasteiger partial charge is 0.497 e. The number of ether oxygens (including phenoxy) is 3. The lowest BCUT2D eigenvalue weighted by atomic mass is 9.61. The van der Waals surface area contributed by atoms with E-state index in [1.807, 2.05) is 0 Å². The molecule has 1 aliphatic carbocycles. The van der Waals surface area contributed by atoms with E-state index in [2.05, 4.69) is 0 Å². The summed E-state index contributed by atoms with van der Waals surface area (Å²) >= 11 is 0. The van der Waals surface area contributed by atoms with Crippen LogP contribution >= 0.6 is 0 Å². The molecule has 1 aliphatic heterocycles. The van der Waals surface area contributed by atoms with Gasteiger partial charge in [0, 0.05) is 13.1 Å². The zero-order valence-corrected chi connectivity index (χ0v) is 16.3. The first kappa shape index (κ1) is 21.7. The SMILES string of the molecule is COc1ccc(COC[C@@H](OC(=O)N2CCC3(CC2)CC(O)C3)C(F)(F)F)cc1. The Labute approximate surface area is 167 Å². The number of piperidine rings is 1. The fourth-order valence-electron chi connectivity index (χ4n) is 3.91. The number of carbonyl (C=O) groups is 1. The second-order valence-electron chi connectivity index (χ2n) is 7.83. The number of methoxy groups -OCH3 is 1. The molecule has 0 unspecified atom stereocenters. The van der Waals surface area contributed by atoms with Crippen molar-refractivity contribution in [1.29, 1.82) is 0 Å². The number of aliphatic hydroxyl groups excluding tert-OH is 1. The van der Waals surface area contributed by atoms with Crippen molar-refractivity contribution in [2.24, 2.45) is 5.41 Å². The lowest BCUT2D eigenvalue weighted by Crippen LogP contribution is -2.51. The molecule has 9 heteroatoms. The number of rotatable bonds is 6. The molecule has 162 valence electrons. The summed E-state index contributed by atoms with van der Waals surface area (Å²) in [5.74, 6) is 0.635. The van der Waals surface area contributed by atoms with Crippen molar-refractivity contribution in [3.05, 3.63) is 29.8 Å². The molecule has 1 heterocycles. The lowest BCUT2D eigenvalue weighted by Gasteiger charge is -2.50. The number of halogens is 3. The van der Waals surface area contributed by atoms with Crippen LogP contribution in [-0.4, -0.2) is 61.3 Å². The van der Waals surface area contributed by atoms with Crippen molar-refractivity contribution < 1.29 is 37.3 Å². The third-order valence-corrected chi connectivity index (χ3v) is 5.72. The Balaban J connectivity index is 1.47. The van der Waals surface area contributed by atoms with Crippen molar-refractivity contribution in [2.75, 3.05) is 26.8 Å². The Hall–Kier alpha value is -2.00. The van der Waals surface area contributed by atoms with Crippen LogP contribution in [-0.2, 0) is 16.1 Å². The summed E-state index contributed by atoms with van der Waals surface area (Å²) in [6.45, 7) is -0.139. The van der Waals surface area contributed by atoms with Crippen LogP contribution in [0.2, 0.25) is 0 Å². The second kappa shape index (κ2) is 8.79. The van der Waals surface area contributed by atoms with Gasteiger partial charge < -0.3 is 24.2 Å². The van der Waals surface area contributed by atoms with E-state index in [0.717, 1.165) is 0 Å². The molecular formula is C20H26F3NO5. The molecule has 2 aliphatic rings. The number of hydrogen-bond donors (Lipinski definition) is 1. The fraction of sp³-hybridized carbons (Fsp3) is 0.650. The van der Waals surface area contributed by atoms with E-state index in [4.69, 9.17) is 14.2 Å². The van der Waals surface area contributed by atoms with Crippen LogP contribution in [0.1, 0.15) is 31.2 Å². The summed E-state index contributed by atoms with van der Waals surface area (Å²) in [6, 6.07) is 6.75. The maximum absolute atomic E-state index is 13.3. The van der Waals surface area contributed by atoms with E-state index in [1.165, 1.54) is 12.0 Å². The number of nitrogens with zero attached hydrogens (tertiary/aromatic N) is 1. The van der Waals surface area contributed by atoms with Gasteiger partial charge in [-0.2, -0.15) is 13.2 Å². The topological polar surface area (TPSA) is 68.2 Å². The van der Waals surface area contributed by atoms with E-state index in [-0.39, 0.29) is 18.1 Å². The third-order valence-electron chi connectivity index (χ3n) is 5.72. The molecular weight excluding hydrogens is 391 g/mol. The van der Waals surface area contributed by atoms with E-state index in [0.29, 0.717) is 50.1 Å². The van der Waals surface area contributed by atoms with Gasteiger partial charge in [0.25, 0.3) is 0 Å². The molecule has 29 heavy (non-hydrogen) atoms. The van der Waals surface area contributed by atoms with E-state index in [9.17, 15) is 23.1 Å². The fourth-order valence-corrected chi connectivity index (χ4v) is 3.91. The van der Waals surface area contributed by atoms with Crippen LogP contribution in [0.4, 0.5) is 18.0 Å². The van der Waals surface area contributed by atoms with Gasteiger partial charge >= 0.3 is 12.3 Å². The van der Waals surface area contributed by atoms with Gasteiger partial charge in [-0.25, -0.2) is 4.79 Å². The van der Waals surface area contributed by atoms with Gasteiger partial charge in [-0.15, -0.1) is 0 Å². The monoisotopic (exact) mass is 417 g/mol. The Morgan fingerprint density at radius 1 is 1.24 bits per heavy atom. The predicted molar refractivity (Wildman–Crippen MR) is 97.5 cm³/mol. The molecule has 0 aromatic heterocycles. The molecule has 0 radical (unpaired) electrons. The van der Waals surface area contributed by atoms with Gasteiger partial charge in [0.2, 0.25) is 6.10 Å². The molecule has 3 rings (SSSR count). The number of hydrogen-bond acceptors (Lipinski definition) is 5. The molecule has 1 saturated carbocycles. The summed E-state index contributed by atoms with van der Waals surface area (Å²) in [6.07, 6.45) is -5.59. The van der Waals surface area contributed by atoms with Gasteiger partial charge in [-0.3, -0.25) is 0 Å². The molecule has 2 fully saturated rings. The van der Waals surface area contributed by atoms with Gasteiger partial charge in [0.05, 0.1) is 26.4 Å². The predicted octanol–water partition coefficient (Wildman–Crippen LogP) is 3.52. The second-order valence-corrected chi connectivity index (χ2v) is 7.83. The first-order valence-corrected chi connectivity index (χ1v) is 9.62. The summed E-state index contributed by atoms with van der Waals surface area (Å²) in [7, 11) is 1.52. The van der Waals surface area contributed by atoms with Crippen molar-refractivity contribution in [3.8, 4) is 5.75 Å². The van der Waals surface area contributed by atoms with Crippen LogP contribution in [0, 0.1) is 5.41 Å². The van der Waals surface area contributed by atoms with E-state index >= 15 is 0 Å². The normalized spacial score (nSPS) is 20.2. The summed E-state index contributed by atoms with van der Waals surface area (Å²) < 4.78 is 54.8. The highest BCUT2D eigenvalue weighted by Crippen LogP contribution is 2.49. The van der Waals surface area contributed by atoms with Crippen LogP contribution in [0.25, 0.3) is 0 Å². The van der Waals surface area contributed by atoms with Gasteiger partial charge in [0.1, 0.15) is 5.75 Å². The number of alkyl halides is 3. The highest BCUT2D eigenvalue weighted by atomic mass is 19.4. The lowest BCUT2D eigenvalue weighted by molar-refractivity contribution is -0.220. The Morgan fingerprint density at radius 3 is 2.38 bits per heavy atom. The van der Waals surface area contributed by atoms with E-state index < -0.39 is 25.0 Å². The van der Waals surface area contributed by atoms with Crippen LogP contribution in [0.3, 0.4) is 0 Å². The third kappa shape index (κ3) is 5.54. The van der Waals surface area contributed by atoms with Crippen LogP contribution < -0.4 is 4.74 Å². The van der Waals surface area contributed by atoms with Gasteiger partial charge in [-0.05, 0) is 48.8 Å². The molecule has 1 N–H and O–H groups in total. The molecule has 1 aromatic rings. The highest BCUT2D eigenvalue weighted by Gasteiger charge is 2.47. The summed E-state index contributed by atoms with van der Waals surface area (Å²) in [5.41, 5.74) is 0.711. The smallest absolute Gasteiger partial charge is 0.427 e. The Kier molecular flexibility index (Phi) is 6.58. The zero-order valence-electron chi connectivity index (χ0n) is 16.3. The van der Waals surface area contributed by atoms with Crippen LogP contribution in [0.15, 0.2) is 24.3 Å². The number of amides is 1. The molecule has 1 aromatic carbocycles. The first-order valence-electron chi connectivity index (χ1n) is 9.62. The molecule has 1 spiro atoms. The maximum atomic E-state index is 13.3. The molecule has 6 nitrogen and oxygen atoms in total. The standard InChI is InChI=1S/C20H26F3NO5/c1-27-16-4-2-14(3-5-16)12-28-13-17(20(21,22)23)29-18(26)24-8-6-19(7-9-24)10-15(25)11-19/h2-5,15,17,25H,6-13H2,1H3/t17-/m1/s1. The Bertz CT molecular complexity index is 678. The van der Waals surface area contributed by atoms with E-state index in [1.54, 1.807) is 24.3 Å². The molecule has 0 bridgehead atoms. The van der Waals surface area contributed by atoms with Crippen molar-refractivity contribution in [1.82, 2.24) is 4.90 Å². The van der Waals surface area contributed by atoms with Gasteiger partial charge in [0.15, 0.2) is 0 Å². The number of likely N-dealkylation sites (tertiary alicyclic amines) is 1. The quantitative estimate of drug-likeness (QED) is 0.767. The number of carbonyl (C=O) groups excluding carboxylic acids is 1. The summed E-state index contributed by atoms with van der Waals surface area (Å²) in [5, 5.41) is 9.49. The van der Waals surface area contributed by atoms with Crippen LogP contribution in [0.5, 0.6) is 5.75 Å². The van der Waals surface area contributed by atoms with Crippen molar-refractivity contribution in [3.63, 3.8) is 0 Å². The highest BCUT2D eigenvalue weighted by molar-refractivity contribution is 5.68.